The molecule has 3 rings (SSSR count). The summed E-state index contributed by atoms with van der Waals surface area (Å²) in [7, 11) is 0. The van der Waals surface area contributed by atoms with Crippen LogP contribution in [0.4, 0.5) is 5.13 Å². The van der Waals surface area contributed by atoms with Crippen LogP contribution < -0.4 is 5.32 Å². The lowest BCUT2D eigenvalue weighted by molar-refractivity contribution is -0.116. The Bertz CT molecular complexity index is 804. The molecule has 0 saturated heterocycles. The van der Waals surface area contributed by atoms with Crippen LogP contribution >= 0.6 is 27.3 Å². The van der Waals surface area contributed by atoms with E-state index in [2.05, 4.69) is 31.2 Å². The summed E-state index contributed by atoms with van der Waals surface area (Å²) in [5.74, 6) is -0.0344. The van der Waals surface area contributed by atoms with Gasteiger partial charge < -0.3 is 5.32 Å². The van der Waals surface area contributed by atoms with Crippen molar-refractivity contribution in [1.29, 1.82) is 0 Å². The summed E-state index contributed by atoms with van der Waals surface area (Å²) in [5.41, 5.74) is 2.89. The molecule has 0 aliphatic carbocycles. The Morgan fingerprint density at radius 2 is 2.09 bits per heavy atom. The number of carbonyl (C=O) groups is 1. The predicted octanol–water partition coefficient (Wildman–Crippen LogP) is 4.54. The van der Waals surface area contributed by atoms with Gasteiger partial charge in [0.25, 0.3) is 0 Å². The second-order valence-corrected chi connectivity index (χ2v) is 6.63. The zero-order chi connectivity index (χ0) is 16.1. The van der Waals surface area contributed by atoms with Crippen LogP contribution in [0.5, 0.6) is 0 Å². The fourth-order valence-electron chi connectivity index (χ4n) is 2.11. The number of amides is 1. The molecule has 1 aromatic carbocycles. The normalized spacial score (nSPS) is 10.5. The van der Waals surface area contributed by atoms with E-state index in [0.29, 0.717) is 18.0 Å². The Hall–Kier alpha value is -2.05. The summed E-state index contributed by atoms with van der Waals surface area (Å²) in [6, 6.07) is 11.7. The number of pyridine rings is 1. The molecule has 0 saturated carbocycles. The van der Waals surface area contributed by atoms with Crippen LogP contribution in [0.3, 0.4) is 0 Å². The van der Waals surface area contributed by atoms with Crippen molar-refractivity contribution in [3.8, 4) is 11.3 Å². The molecule has 0 atom stereocenters. The Kier molecular flexibility index (Phi) is 5.15. The van der Waals surface area contributed by atoms with E-state index in [9.17, 15) is 4.79 Å². The quantitative estimate of drug-likeness (QED) is 0.698. The molecular formula is C17H14BrN3OS. The van der Waals surface area contributed by atoms with Crippen molar-refractivity contribution in [3.05, 3.63) is 64.2 Å². The first-order valence-corrected chi connectivity index (χ1v) is 8.79. The summed E-state index contributed by atoms with van der Waals surface area (Å²) < 4.78 is 1.03. The molecule has 4 nitrogen and oxygen atoms in total. The average molecular weight is 388 g/mol. The van der Waals surface area contributed by atoms with Crippen molar-refractivity contribution in [2.24, 2.45) is 0 Å². The third-order valence-electron chi connectivity index (χ3n) is 3.29. The zero-order valence-corrected chi connectivity index (χ0v) is 14.6. The molecule has 1 amide bonds. The standard InChI is InChI=1S/C17H14BrN3OS/c18-14-6-2-1-4-12(14)7-8-16(22)21-17-20-15(11-23-17)13-5-3-9-19-10-13/h1-6,9-11H,7-8H2,(H,20,21,22). The number of anilines is 1. The molecule has 6 heteroatoms. The maximum absolute atomic E-state index is 12.1. The van der Waals surface area contributed by atoms with Crippen LogP contribution in [0.25, 0.3) is 11.3 Å². The first-order chi connectivity index (χ1) is 11.2. The number of thiazole rings is 1. The average Bonchev–Trinajstić information content (AvgIpc) is 3.03. The summed E-state index contributed by atoms with van der Waals surface area (Å²) in [6.45, 7) is 0. The van der Waals surface area contributed by atoms with Crippen LogP contribution in [0.2, 0.25) is 0 Å². The SMILES string of the molecule is O=C(CCc1ccccc1Br)Nc1nc(-c2cccnc2)cs1. The van der Waals surface area contributed by atoms with Gasteiger partial charge in [-0.2, -0.15) is 0 Å². The van der Waals surface area contributed by atoms with Crippen molar-refractivity contribution in [2.45, 2.75) is 12.8 Å². The minimum Gasteiger partial charge on any atom is -0.302 e. The van der Waals surface area contributed by atoms with Crippen molar-refractivity contribution in [2.75, 3.05) is 5.32 Å². The van der Waals surface area contributed by atoms with Crippen LogP contribution in [0, 0.1) is 0 Å². The number of nitrogens with zero attached hydrogens (tertiary/aromatic N) is 2. The second kappa shape index (κ2) is 7.48. The maximum Gasteiger partial charge on any atom is 0.226 e. The van der Waals surface area contributed by atoms with Gasteiger partial charge in [-0.1, -0.05) is 34.1 Å². The molecule has 3 aromatic rings. The molecule has 0 spiro atoms. The number of aromatic nitrogens is 2. The zero-order valence-electron chi connectivity index (χ0n) is 12.2. The van der Waals surface area contributed by atoms with Gasteiger partial charge in [0.15, 0.2) is 5.13 Å². The number of carbonyl (C=O) groups excluding carboxylic acids is 1. The number of halogens is 1. The van der Waals surface area contributed by atoms with Gasteiger partial charge in [0.1, 0.15) is 0 Å². The monoisotopic (exact) mass is 387 g/mol. The molecule has 0 aliphatic heterocycles. The lowest BCUT2D eigenvalue weighted by Gasteiger charge is -2.04. The van der Waals surface area contributed by atoms with E-state index in [1.54, 1.807) is 12.4 Å². The van der Waals surface area contributed by atoms with E-state index < -0.39 is 0 Å². The minimum atomic E-state index is -0.0344. The number of rotatable bonds is 5. The van der Waals surface area contributed by atoms with Crippen LogP contribution in [0.15, 0.2) is 58.6 Å². The number of benzene rings is 1. The molecule has 0 fully saturated rings. The van der Waals surface area contributed by atoms with Gasteiger partial charge in [-0.05, 0) is 30.2 Å². The summed E-state index contributed by atoms with van der Waals surface area (Å²) in [6.07, 6.45) is 4.59. The van der Waals surface area contributed by atoms with Gasteiger partial charge in [-0.25, -0.2) is 4.98 Å². The molecule has 2 aromatic heterocycles. The predicted molar refractivity (Wildman–Crippen MR) is 96.4 cm³/mol. The highest BCUT2D eigenvalue weighted by Gasteiger charge is 2.09. The van der Waals surface area contributed by atoms with Crippen molar-refractivity contribution < 1.29 is 4.79 Å². The third kappa shape index (κ3) is 4.24. The van der Waals surface area contributed by atoms with Crippen LogP contribution in [-0.2, 0) is 11.2 Å². The van der Waals surface area contributed by atoms with Crippen LogP contribution in [0.1, 0.15) is 12.0 Å². The van der Waals surface area contributed by atoms with E-state index >= 15 is 0 Å². The van der Waals surface area contributed by atoms with E-state index in [-0.39, 0.29) is 5.91 Å². The second-order valence-electron chi connectivity index (χ2n) is 4.92. The van der Waals surface area contributed by atoms with Gasteiger partial charge in [-0.3, -0.25) is 9.78 Å². The first kappa shape index (κ1) is 15.8. The van der Waals surface area contributed by atoms with Crippen molar-refractivity contribution in [3.63, 3.8) is 0 Å². The highest BCUT2D eigenvalue weighted by atomic mass is 79.9. The maximum atomic E-state index is 12.1. The Balaban J connectivity index is 1.58. The van der Waals surface area contributed by atoms with E-state index in [0.717, 1.165) is 21.3 Å². The molecule has 116 valence electrons. The molecule has 1 N–H and O–H groups in total. The van der Waals surface area contributed by atoms with Gasteiger partial charge in [0.05, 0.1) is 5.69 Å². The number of hydrogen-bond acceptors (Lipinski definition) is 4. The van der Waals surface area contributed by atoms with E-state index in [4.69, 9.17) is 0 Å². The molecule has 0 aliphatic rings. The number of hydrogen-bond donors (Lipinski definition) is 1. The lowest BCUT2D eigenvalue weighted by atomic mass is 10.1. The smallest absolute Gasteiger partial charge is 0.226 e. The van der Waals surface area contributed by atoms with Crippen molar-refractivity contribution >= 4 is 38.3 Å². The molecule has 23 heavy (non-hydrogen) atoms. The Morgan fingerprint density at radius 3 is 2.87 bits per heavy atom. The van der Waals surface area contributed by atoms with E-state index in [1.807, 2.05) is 41.8 Å². The summed E-state index contributed by atoms with van der Waals surface area (Å²) >= 11 is 4.91. The Labute approximate surface area is 146 Å². The van der Waals surface area contributed by atoms with Gasteiger partial charge in [-0.15, -0.1) is 11.3 Å². The number of aryl methyl sites for hydroxylation is 1. The van der Waals surface area contributed by atoms with Crippen molar-refractivity contribution in [1.82, 2.24) is 9.97 Å². The summed E-state index contributed by atoms with van der Waals surface area (Å²) in [5, 5.41) is 5.38. The van der Waals surface area contributed by atoms with Crippen LogP contribution in [-0.4, -0.2) is 15.9 Å². The fraction of sp³-hybridized carbons (Fsp3) is 0.118. The highest BCUT2D eigenvalue weighted by molar-refractivity contribution is 9.10. The minimum absolute atomic E-state index is 0.0344. The topological polar surface area (TPSA) is 54.9 Å². The third-order valence-corrected chi connectivity index (χ3v) is 4.82. The van der Waals surface area contributed by atoms with Gasteiger partial charge in [0.2, 0.25) is 5.91 Å². The summed E-state index contributed by atoms with van der Waals surface area (Å²) in [4.78, 5) is 20.6. The first-order valence-electron chi connectivity index (χ1n) is 7.11. The molecule has 0 unspecified atom stereocenters. The largest absolute Gasteiger partial charge is 0.302 e. The number of nitrogens with one attached hydrogen (secondary N) is 1. The van der Waals surface area contributed by atoms with Gasteiger partial charge >= 0.3 is 0 Å². The highest BCUT2D eigenvalue weighted by Crippen LogP contribution is 2.24. The van der Waals surface area contributed by atoms with E-state index in [1.165, 1.54) is 11.3 Å². The molecule has 2 heterocycles. The lowest BCUT2D eigenvalue weighted by Crippen LogP contribution is -2.12. The fourth-order valence-corrected chi connectivity index (χ4v) is 3.33. The molecule has 0 bridgehead atoms. The Morgan fingerprint density at radius 1 is 1.22 bits per heavy atom. The molecule has 0 radical (unpaired) electrons. The van der Waals surface area contributed by atoms with Gasteiger partial charge in [0, 0.05) is 34.2 Å². The molecular weight excluding hydrogens is 374 g/mol.